The molecule has 1 aliphatic heterocycles. The summed E-state index contributed by atoms with van der Waals surface area (Å²) in [7, 11) is 0. The van der Waals surface area contributed by atoms with Crippen molar-refractivity contribution in [2.45, 2.75) is 19.5 Å². The fourth-order valence-corrected chi connectivity index (χ4v) is 2.95. The lowest BCUT2D eigenvalue weighted by atomic mass is 10.1. The zero-order valence-electron chi connectivity index (χ0n) is 13.4. The van der Waals surface area contributed by atoms with Crippen LogP contribution in [-0.2, 0) is 19.5 Å². The highest BCUT2D eigenvalue weighted by atomic mass is 19.1. The van der Waals surface area contributed by atoms with E-state index in [-0.39, 0.29) is 0 Å². The summed E-state index contributed by atoms with van der Waals surface area (Å²) in [6.45, 7) is 1.82. The van der Waals surface area contributed by atoms with Crippen LogP contribution in [0.15, 0.2) is 43.1 Å². The van der Waals surface area contributed by atoms with Gasteiger partial charge in [-0.1, -0.05) is 6.07 Å². The van der Waals surface area contributed by atoms with Gasteiger partial charge in [-0.2, -0.15) is 0 Å². The first-order valence-corrected chi connectivity index (χ1v) is 7.95. The smallest absolute Gasteiger partial charge is 0.162 e. The Morgan fingerprint density at radius 1 is 1.08 bits per heavy atom. The van der Waals surface area contributed by atoms with E-state index in [4.69, 9.17) is 0 Å². The maximum atomic E-state index is 13.8. The molecule has 0 fully saturated rings. The molecule has 5 nitrogen and oxygen atoms in total. The quantitative estimate of drug-likeness (QED) is 0.734. The van der Waals surface area contributed by atoms with Gasteiger partial charge < -0.3 is 0 Å². The third-order valence-electron chi connectivity index (χ3n) is 4.24. The molecule has 1 aliphatic rings. The van der Waals surface area contributed by atoms with E-state index >= 15 is 0 Å². The van der Waals surface area contributed by atoms with Crippen LogP contribution in [0.5, 0.6) is 0 Å². The van der Waals surface area contributed by atoms with Gasteiger partial charge in [-0.25, -0.2) is 28.7 Å². The van der Waals surface area contributed by atoms with E-state index in [0.717, 1.165) is 35.9 Å². The van der Waals surface area contributed by atoms with Gasteiger partial charge in [0, 0.05) is 61.8 Å². The lowest BCUT2D eigenvalue weighted by Gasteiger charge is -2.28. The number of aromatic nitrogens is 4. The second-order valence-electron chi connectivity index (χ2n) is 5.99. The standard InChI is InChI=1S/C18H15F2N5/c19-15-2-1-12(16(20)5-15)9-25-4-3-17-14(10-25)8-23-18(24-17)13-6-21-11-22-7-13/h1-2,5-8,11H,3-4,9-10H2. The first-order chi connectivity index (χ1) is 12.2. The van der Waals surface area contributed by atoms with Gasteiger partial charge in [0.1, 0.15) is 18.0 Å². The minimum absolute atomic E-state index is 0.430. The molecule has 0 radical (unpaired) electrons. The van der Waals surface area contributed by atoms with Crippen molar-refractivity contribution in [1.29, 1.82) is 0 Å². The molecule has 0 spiro atoms. The maximum Gasteiger partial charge on any atom is 0.162 e. The van der Waals surface area contributed by atoms with Gasteiger partial charge in [-0.3, -0.25) is 4.90 Å². The molecular formula is C18H15F2N5. The van der Waals surface area contributed by atoms with Gasteiger partial charge >= 0.3 is 0 Å². The van der Waals surface area contributed by atoms with Crippen molar-refractivity contribution >= 4 is 0 Å². The fourth-order valence-electron chi connectivity index (χ4n) is 2.95. The highest BCUT2D eigenvalue weighted by molar-refractivity contribution is 5.52. The van der Waals surface area contributed by atoms with E-state index in [9.17, 15) is 8.78 Å². The van der Waals surface area contributed by atoms with Crippen molar-refractivity contribution in [3.63, 3.8) is 0 Å². The predicted molar refractivity (Wildman–Crippen MR) is 87.2 cm³/mol. The zero-order valence-corrected chi connectivity index (χ0v) is 13.4. The number of fused-ring (bicyclic) bond motifs is 1. The third-order valence-corrected chi connectivity index (χ3v) is 4.24. The Morgan fingerprint density at radius 3 is 2.72 bits per heavy atom. The monoisotopic (exact) mass is 339 g/mol. The molecule has 0 unspecified atom stereocenters. The number of benzene rings is 1. The Morgan fingerprint density at radius 2 is 1.92 bits per heavy atom. The van der Waals surface area contributed by atoms with Crippen LogP contribution < -0.4 is 0 Å². The van der Waals surface area contributed by atoms with Crippen LogP contribution in [0.3, 0.4) is 0 Å². The number of hydrogen-bond donors (Lipinski definition) is 0. The molecular weight excluding hydrogens is 324 g/mol. The van der Waals surface area contributed by atoms with Gasteiger partial charge in [0.15, 0.2) is 5.82 Å². The van der Waals surface area contributed by atoms with Crippen LogP contribution >= 0.6 is 0 Å². The van der Waals surface area contributed by atoms with Crippen molar-refractivity contribution in [2.24, 2.45) is 0 Å². The molecule has 1 aromatic carbocycles. The highest BCUT2D eigenvalue weighted by Gasteiger charge is 2.20. The fraction of sp³-hybridized carbons (Fsp3) is 0.222. The lowest BCUT2D eigenvalue weighted by molar-refractivity contribution is 0.239. The summed E-state index contributed by atoms with van der Waals surface area (Å²) in [6, 6.07) is 3.70. The minimum atomic E-state index is -0.559. The summed E-state index contributed by atoms with van der Waals surface area (Å²) in [6.07, 6.45) is 7.38. The van der Waals surface area contributed by atoms with E-state index in [2.05, 4.69) is 24.8 Å². The van der Waals surface area contributed by atoms with E-state index in [1.807, 2.05) is 0 Å². The molecule has 7 heteroatoms. The predicted octanol–water partition coefficient (Wildman–Crippen LogP) is 2.77. The van der Waals surface area contributed by atoms with Gasteiger partial charge in [0.05, 0.1) is 11.3 Å². The largest absolute Gasteiger partial charge is 0.294 e. The highest BCUT2D eigenvalue weighted by Crippen LogP contribution is 2.22. The second-order valence-corrected chi connectivity index (χ2v) is 5.99. The van der Waals surface area contributed by atoms with Gasteiger partial charge in [-0.15, -0.1) is 0 Å². The average molecular weight is 339 g/mol. The molecule has 0 bridgehead atoms. The Balaban J connectivity index is 1.52. The van der Waals surface area contributed by atoms with Gasteiger partial charge in [0.2, 0.25) is 0 Å². The van der Waals surface area contributed by atoms with Crippen LogP contribution in [0.25, 0.3) is 11.4 Å². The van der Waals surface area contributed by atoms with E-state index in [1.165, 1.54) is 18.5 Å². The van der Waals surface area contributed by atoms with Crippen molar-refractivity contribution in [3.8, 4) is 11.4 Å². The van der Waals surface area contributed by atoms with Crippen molar-refractivity contribution in [3.05, 3.63) is 71.6 Å². The van der Waals surface area contributed by atoms with Crippen LogP contribution in [0.1, 0.15) is 16.8 Å². The molecule has 3 aromatic rings. The first kappa shape index (κ1) is 15.7. The maximum absolute atomic E-state index is 13.8. The summed E-state index contributed by atoms with van der Waals surface area (Å²) < 4.78 is 26.9. The topological polar surface area (TPSA) is 54.8 Å². The van der Waals surface area contributed by atoms with E-state index in [0.29, 0.717) is 24.5 Å². The molecule has 3 heterocycles. The molecule has 0 atom stereocenters. The molecule has 0 saturated carbocycles. The van der Waals surface area contributed by atoms with Crippen molar-refractivity contribution in [1.82, 2.24) is 24.8 Å². The van der Waals surface area contributed by atoms with E-state index in [1.54, 1.807) is 18.6 Å². The molecule has 0 aliphatic carbocycles. The molecule has 2 aromatic heterocycles. The third kappa shape index (κ3) is 3.36. The summed E-state index contributed by atoms with van der Waals surface area (Å²) >= 11 is 0. The van der Waals surface area contributed by atoms with Crippen LogP contribution in [-0.4, -0.2) is 31.4 Å². The van der Waals surface area contributed by atoms with Crippen molar-refractivity contribution < 1.29 is 8.78 Å². The van der Waals surface area contributed by atoms with Crippen LogP contribution in [0.4, 0.5) is 8.78 Å². The lowest BCUT2D eigenvalue weighted by Crippen LogP contribution is -2.31. The minimum Gasteiger partial charge on any atom is -0.294 e. The molecule has 25 heavy (non-hydrogen) atoms. The second kappa shape index (κ2) is 6.60. The van der Waals surface area contributed by atoms with Crippen LogP contribution in [0.2, 0.25) is 0 Å². The molecule has 0 saturated heterocycles. The molecule has 0 amide bonds. The Hall–Kier alpha value is -2.80. The Bertz CT molecular complexity index is 901. The Kier molecular flexibility index (Phi) is 4.15. The summed E-state index contributed by atoms with van der Waals surface area (Å²) in [5, 5.41) is 0. The summed E-state index contributed by atoms with van der Waals surface area (Å²) in [5.41, 5.74) is 3.28. The van der Waals surface area contributed by atoms with Gasteiger partial charge in [0.25, 0.3) is 0 Å². The normalized spacial score (nSPS) is 14.3. The van der Waals surface area contributed by atoms with Crippen LogP contribution in [0, 0.1) is 11.6 Å². The van der Waals surface area contributed by atoms with Gasteiger partial charge in [-0.05, 0) is 6.07 Å². The molecule has 4 rings (SSSR count). The number of halogens is 2. The first-order valence-electron chi connectivity index (χ1n) is 7.95. The number of hydrogen-bond acceptors (Lipinski definition) is 5. The number of nitrogens with zero attached hydrogens (tertiary/aromatic N) is 5. The van der Waals surface area contributed by atoms with Crippen molar-refractivity contribution in [2.75, 3.05) is 6.54 Å². The Labute approximate surface area is 143 Å². The molecule has 0 N–H and O–H groups in total. The average Bonchev–Trinajstić information content (AvgIpc) is 2.64. The summed E-state index contributed by atoms with van der Waals surface area (Å²) in [5.74, 6) is -0.463. The molecule has 126 valence electrons. The number of rotatable bonds is 3. The zero-order chi connectivity index (χ0) is 17.2. The SMILES string of the molecule is Fc1ccc(CN2CCc3nc(-c4cncnc4)ncc3C2)c(F)c1. The van der Waals surface area contributed by atoms with E-state index < -0.39 is 11.6 Å². The summed E-state index contributed by atoms with van der Waals surface area (Å²) in [4.78, 5) is 19.1.